The first-order chi connectivity index (χ1) is 9.92. The minimum absolute atomic E-state index is 0.227. The van der Waals surface area contributed by atoms with Crippen LogP contribution in [0.2, 0.25) is 10.0 Å². The molecule has 118 valence electrons. The average Bonchev–Trinajstić information content (AvgIpc) is 2.46. The molecule has 1 unspecified atom stereocenters. The number of hydrogen-bond donors (Lipinski definition) is 1. The Kier molecular flexibility index (Phi) is 7.88. The van der Waals surface area contributed by atoms with Crippen molar-refractivity contribution in [3.05, 3.63) is 28.2 Å². The normalized spacial score (nSPS) is 13.8. The molecule has 0 saturated heterocycles. The average molecular weight is 350 g/mol. The van der Waals surface area contributed by atoms with E-state index in [0.717, 1.165) is 23.6 Å². The van der Waals surface area contributed by atoms with Crippen molar-refractivity contribution in [2.75, 3.05) is 19.4 Å². The van der Waals surface area contributed by atoms with Gasteiger partial charge in [0.25, 0.3) is 0 Å². The number of ether oxygens (including phenoxy) is 1. The van der Waals surface area contributed by atoms with Crippen molar-refractivity contribution in [3.63, 3.8) is 0 Å². The van der Waals surface area contributed by atoms with Gasteiger partial charge in [0, 0.05) is 9.92 Å². The van der Waals surface area contributed by atoms with Crippen molar-refractivity contribution in [1.29, 1.82) is 0 Å². The number of likely N-dealkylation sites (N-methyl/N-ethyl adjacent to an activating group) is 1. The van der Waals surface area contributed by atoms with Crippen LogP contribution in [0.5, 0.6) is 0 Å². The summed E-state index contributed by atoms with van der Waals surface area (Å²) in [6.45, 7) is 4.57. The molecule has 1 aromatic rings. The summed E-state index contributed by atoms with van der Waals surface area (Å²) in [5.74, 6) is 0.632. The first-order valence-electron chi connectivity index (χ1n) is 6.84. The third-order valence-electron chi connectivity index (χ3n) is 3.17. The zero-order valence-corrected chi connectivity index (χ0v) is 14.9. The van der Waals surface area contributed by atoms with Crippen LogP contribution in [-0.4, -0.2) is 30.9 Å². The first kappa shape index (κ1) is 18.6. The van der Waals surface area contributed by atoms with Crippen LogP contribution < -0.4 is 5.32 Å². The van der Waals surface area contributed by atoms with Crippen molar-refractivity contribution in [1.82, 2.24) is 5.32 Å². The minimum atomic E-state index is -0.637. The Bertz CT molecular complexity index is 485. The number of methoxy groups -OCH3 is 1. The maximum atomic E-state index is 11.9. The molecule has 1 N–H and O–H groups in total. The van der Waals surface area contributed by atoms with Gasteiger partial charge in [-0.3, -0.25) is 4.79 Å². The number of rotatable bonds is 8. The second-order valence-corrected chi connectivity index (χ2v) is 6.86. The van der Waals surface area contributed by atoms with Gasteiger partial charge in [-0.2, -0.15) is 0 Å². The molecular weight excluding hydrogens is 329 g/mol. The number of halogens is 2. The summed E-state index contributed by atoms with van der Waals surface area (Å²) in [4.78, 5) is 12.8. The number of carbonyl (C=O) groups is 1. The standard InChI is InChI=1S/C15H21Cl2NO2S/c1-4-18-15(2,14(19)20-3)8-5-9-21-13-10-11(16)6-7-12(13)17/h6-7,10,18H,4-5,8-9H2,1-3H3. The van der Waals surface area contributed by atoms with Gasteiger partial charge in [-0.25, -0.2) is 0 Å². The fourth-order valence-corrected chi connectivity index (χ4v) is 3.52. The fraction of sp³-hybridized carbons (Fsp3) is 0.533. The monoisotopic (exact) mass is 349 g/mol. The van der Waals surface area contributed by atoms with Crippen LogP contribution in [0.15, 0.2) is 23.1 Å². The second-order valence-electron chi connectivity index (χ2n) is 4.88. The van der Waals surface area contributed by atoms with Crippen LogP contribution in [0.25, 0.3) is 0 Å². The summed E-state index contributed by atoms with van der Waals surface area (Å²) in [7, 11) is 1.42. The Morgan fingerprint density at radius 1 is 1.43 bits per heavy atom. The van der Waals surface area contributed by atoms with Crippen LogP contribution in [-0.2, 0) is 9.53 Å². The lowest BCUT2D eigenvalue weighted by molar-refractivity contribution is -0.148. The first-order valence-corrected chi connectivity index (χ1v) is 8.58. The van der Waals surface area contributed by atoms with Gasteiger partial charge in [-0.1, -0.05) is 30.1 Å². The van der Waals surface area contributed by atoms with Gasteiger partial charge in [-0.05, 0) is 50.3 Å². The molecule has 0 heterocycles. The quantitative estimate of drug-likeness (QED) is 0.428. The van der Waals surface area contributed by atoms with E-state index in [1.165, 1.54) is 7.11 Å². The van der Waals surface area contributed by atoms with Gasteiger partial charge in [0.15, 0.2) is 0 Å². The van der Waals surface area contributed by atoms with Gasteiger partial charge < -0.3 is 10.1 Å². The molecule has 0 bridgehead atoms. The van der Waals surface area contributed by atoms with Gasteiger partial charge in [0.1, 0.15) is 5.54 Å². The lowest BCUT2D eigenvalue weighted by atomic mass is 9.96. The lowest BCUT2D eigenvalue weighted by Crippen LogP contribution is -2.50. The molecule has 1 rings (SSSR count). The highest BCUT2D eigenvalue weighted by molar-refractivity contribution is 7.99. The van der Waals surface area contributed by atoms with E-state index < -0.39 is 5.54 Å². The SMILES string of the molecule is CCNC(C)(CCCSc1cc(Cl)ccc1Cl)C(=O)OC. The van der Waals surface area contributed by atoms with E-state index in [2.05, 4.69) is 5.32 Å². The van der Waals surface area contributed by atoms with Crippen LogP contribution in [0.3, 0.4) is 0 Å². The minimum Gasteiger partial charge on any atom is -0.468 e. The number of carbonyl (C=O) groups excluding carboxylic acids is 1. The maximum absolute atomic E-state index is 11.9. The molecule has 21 heavy (non-hydrogen) atoms. The summed E-state index contributed by atoms with van der Waals surface area (Å²) in [6.07, 6.45) is 1.57. The highest BCUT2D eigenvalue weighted by atomic mass is 35.5. The molecule has 0 amide bonds. The van der Waals surface area contributed by atoms with Crippen LogP contribution in [0.1, 0.15) is 26.7 Å². The third kappa shape index (κ3) is 5.70. The van der Waals surface area contributed by atoms with E-state index in [0.29, 0.717) is 16.5 Å². The van der Waals surface area contributed by atoms with E-state index in [1.807, 2.05) is 19.9 Å². The van der Waals surface area contributed by atoms with Crippen molar-refractivity contribution >= 4 is 40.9 Å². The smallest absolute Gasteiger partial charge is 0.325 e. The number of nitrogens with one attached hydrogen (secondary N) is 1. The highest BCUT2D eigenvalue weighted by Crippen LogP contribution is 2.31. The van der Waals surface area contributed by atoms with Gasteiger partial charge in [0.05, 0.1) is 12.1 Å². The van der Waals surface area contributed by atoms with E-state index in [-0.39, 0.29) is 5.97 Å². The van der Waals surface area contributed by atoms with Crippen LogP contribution in [0, 0.1) is 0 Å². The molecule has 6 heteroatoms. The molecule has 0 aliphatic heterocycles. The summed E-state index contributed by atoms with van der Waals surface area (Å²) >= 11 is 13.7. The largest absolute Gasteiger partial charge is 0.468 e. The Morgan fingerprint density at radius 2 is 2.14 bits per heavy atom. The van der Waals surface area contributed by atoms with E-state index in [1.54, 1.807) is 23.9 Å². The Balaban J connectivity index is 2.51. The number of thioether (sulfide) groups is 1. The molecule has 1 aromatic carbocycles. The van der Waals surface area contributed by atoms with Crippen LogP contribution in [0.4, 0.5) is 0 Å². The van der Waals surface area contributed by atoms with E-state index in [9.17, 15) is 4.79 Å². The van der Waals surface area contributed by atoms with Crippen molar-refractivity contribution in [2.45, 2.75) is 37.1 Å². The van der Waals surface area contributed by atoms with E-state index >= 15 is 0 Å². The predicted molar refractivity (Wildman–Crippen MR) is 90.5 cm³/mol. The summed E-state index contributed by atoms with van der Waals surface area (Å²) in [5.41, 5.74) is -0.637. The maximum Gasteiger partial charge on any atom is 0.325 e. The number of esters is 1. The molecule has 0 spiro atoms. The van der Waals surface area contributed by atoms with Crippen molar-refractivity contribution in [3.8, 4) is 0 Å². The van der Waals surface area contributed by atoms with Gasteiger partial charge in [0.2, 0.25) is 0 Å². The molecule has 0 radical (unpaired) electrons. The molecular formula is C15H21Cl2NO2S. The summed E-state index contributed by atoms with van der Waals surface area (Å²) in [5, 5.41) is 4.57. The zero-order chi connectivity index (χ0) is 15.9. The number of hydrogen-bond acceptors (Lipinski definition) is 4. The summed E-state index contributed by atoms with van der Waals surface area (Å²) < 4.78 is 4.87. The van der Waals surface area contributed by atoms with Crippen LogP contribution >= 0.6 is 35.0 Å². The van der Waals surface area contributed by atoms with E-state index in [4.69, 9.17) is 27.9 Å². The lowest BCUT2D eigenvalue weighted by Gasteiger charge is -2.27. The molecule has 0 aliphatic carbocycles. The van der Waals surface area contributed by atoms with Gasteiger partial charge in [-0.15, -0.1) is 11.8 Å². The molecule has 0 fully saturated rings. The third-order valence-corrected chi connectivity index (χ3v) is 4.99. The second kappa shape index (κ2) is 8.89. The van der Waals surface area contributed by atoms with Crippen molar-refractivity contribution < 1.29 is 9.53 Å². The molecule has 0 saturated carbocycles. The molecule has 0 aliphatic rings. The van der Waals surface area contributed by atoms with Gasteiger partial charge >= 0.3 is 5.97 Å². The molecule has 3 nitrogen and oxygen atoms in total. The molecule has 1 atom stereocenters. The topological polar surface area (TPSA) is 38.3 Å². The Morgan fingerprint density at radius 3 is 2.76 bits per heavy atom. The Hall–Kier alpha value is -0.420. The predicted octanol–water partition coefficient (Wildman–Crippen LogP) is 4.41. The zero-order valence-electron chi connectivity index (χ0n) is 12.5. The highest BCUT2D eigenvalue weighted by Gasteiger charge is 2.32. The van der Waals surface area contributed by atoms with Crippen molar-refractivity contribution in [2.24, 2.45) is 0 Å². The Labute approximate surface area is 140 Å². The number of benzene rings is 1. The fourth-order valence-electron chi connectivity index (χ4n) is 2.07. The summed E-state index contributed by atoms with van der Waals surface area (Å²) in [6, 6.07) is 5.43. The molecule has 0 aromatic heterocycles.